The van der Waals surface area contributed by atoms with Gasteiger partial charge in [0.05, 0.1) is 11.1 Å². The standard InChI is InChI=1S/C23H21ClN4O2S/c1-14-20(15-6-3-2-4-7-15)21-22(26-13-27-23(21)31-14)25-11-5-8-19(30)28-17-12-16(24)9-10-18(17)29/h2-4,6-7,9-10,12-13,29H,5,8,11H2,1H3,(H,28,30)(H,25,26,27). The molecule has 0 atom stereocenters. The summed E-state index contributed by atoms with van der Waals surface area (Å²) in [7, 11) is 0. The lowest BCUT2D eigenvalue weighted by molar-refractivity contribution is -0.116. The van der Waals surface area contributed by atoms with E-state index in [-0.39, 0.29) is 11.7 Å². The number of aromatic nitrogens is 2. The maximum absolute atomic E-state index is 12.2. The number of hydrogen-bond donors (Lipinski definition) is 3. The molecule has 4 rings (SSSR count). The fourth-order valence-electron chi connectivity index (χ4n) is 3.41. The van der Waals surface area contributed by atoms with Crippen molar-refractivity contribution in [2.45, 2.75) is 19.8 Å². The van der Waals surface area contributed by atoms with E-state index in [4.69, 9.17) is 11.6 Å². The molecule has 0 saturated heterocycles. The Bertz CT molecular complexity index is 1230. The summed E-state index contributed by atoms with van der Waals surface area (Å²) in [4.78, 5) is 23.2. The second-order valence-corrected chi connectivity index (χ2v) is 8.68. The fourth-order valence-corrected chi connectivity index (χ4v) is 4.59. The number of anilines is 2. The van der Waals surface area contributed by atoms with Gasteiger partial charge in [0.25, 0.3) is 0 Å². The van der Waals surface area contributed by atoms with Crippen LogP contribution in [-0.2, 0) is 4.79 Å². The van der Waals surface area contributed by atoms with Crippen molar-refractivity contribution < 1.29 is 9.90 Å². The maximum Gasteiger partial charge on any atom is 0.224 e. The van der Waals surface area contributed by atoms with Gasteiger partial charge < -0.3 is 15.7 Å². The topological polar surface area (TPSA) is 87.1 Å². The molecule has 0 unspecified atom stereocenters. The summed E-state index contributed by atoms with van der Waals surface area (Å²) in [5, 5.41) is 17.3. The summed E-state index contributed by atoms with van der Waals surface area (Å²) >= 11 is 7.56. The average Bonchev–Trinajstić information content (AvgIpc) is 3.11. The van der Waals surface area contributed by atoms with E-state index in [0.29, 0.717) is 30.1 Å². The van der Waals surface area contributed by atoms with Crippen molar-refractivity contribution in [3.8, 4) is 16.9 Å². The molecule has 0 bridgehead atoms. The van der Waals surface area contributed by atoms with E-state index in [9.17, 15) is 9.90 Å². The predicted octanol–water partition coefficient (Wildman–Crippen LogP) is 5.86. The number of amides is 1. The summed E-state index contributed by atoms with van der Waals surface area (Å²) < 4.78 is 0. The molecule has 8 heteroatoms. The van der Waals surface area contributed by atoms with Gasteiger partial charge in [0.15, 0.2) is 0 Å². The number of nitrogens with zero attached hydrogens (tertiary/aromatic N) is 2. The highest BCUT2D eigenvalue weighted by molar-refractivity contribution is 7.19. The van der Waals surface area contributed by atoms with Gasteiger partial charge in [0.1, 0.15) is 22.7 Å². The Morgan fingerprint density at radius 3 is 2.77 bits per heavy atom. The molecule has 158 valence electrons. The largest absolute Gasteiger partial charge is 0.506 e. The van der Waals surface area contributed by atoms with E-state index in [2.05, 4.69) is 39.7 Å². The molecule has 3 N–H and O–H groups in total. The monoisotopic (exact) mass is 452 g/mol. The number of carbonyl (C=O) groups is 1. The lowest BCUT2D eigenvalue weighted by atomic mass is 10.0. The van der Waals surface area contributed by atoms with Crippen LogP contribution in [0.1, 0.15) is 17.7 Å². The first-order chi connectivity index (χ1) is 15.0. The molecule has 2 aromatic carbocycles. The van der Waals surface area contributed by atoms with Gasteiger partial charge in [-0.1, -0.05) is 41.9 Å². The molecule has 1 amide bonds. The first-order valence-electron chi connectivity index (χ1n) is 9.84. The van der Waals surface area contributed by atoms with Crippen molar-refractivity contribution in [3.05, 3.63) is 64.8 Å². The molecule has 0 aliphatic heterocycles. The number of carbonyl (C=O) groups excluding carboxylic acids is 1. The van der Waals surface area contributed by atoms with Crippen LogP contribution in [-0.4, -0.2) is 27.5 Å². The highest BCUT2D eigenvalue weighted by atomic mass is 35.5. The van der Waals surface area contributed by atoms with Crippen molar-refractivity contribution in [1.29, 1.82) is 0 Å². The number of phenolic OH excluding ortho intramolecular Hbond substituents is 1. The maximum atomic E-state index is 12.2. The Kier molecular flexibility index (Phi) is 6.34. The molecule has 4 aromatic rings. The van der Waals surface area contributed by atoms with Crippen LogP contribution in [0.4, 0.5) is 11.5 Å². The van der Waals surface area contributed by atoms with Crippen molar-refractivity contribution >= 4 is 50.6 Å². The quantitative estimate of drug-likeness (QED) is 0.241. The minimum absolute atomic E-state index is 0.0134. The highest BCUT2D eigenvalue weighted by Crippen LogP contribution is 2.40. The zero-order chi connectivity index (χ0) is 21.8. The smallest absolute Gasteiger partial charge is 0.224 e. The van der Waals surface area contributed by atoms with E-state index in [0.717, 1.165) is 27.2 Å². The van der Waals surface area contributed by atoms with Crippen LogP contribution in [0.5, 0.6) is 5.75 Å². The van der Waals surface area contributed by atoms with E-state index >= 15 is 0 Å². The number of halogens is 1. The molecule has 0 fully saturated rings. The minimum atomic E-state index is -0.191. The van der Waals surface area contributed by atoms with Crippen molar-refractivity contribution in [1.82, 2.24) is 9.97 Å². The Morgan fingerprint density at radius 1 is 1.16 bits per heavy atom. The van der Waals surface area contributed by atoms with Gasteiger partial charge in [-0.05, 0) is 37.1 Å². The third-order valence-electron chi connectivity index (χ3n) is 4.83. The first-order valence-corrected chi connectivity index (χ1v) is 11.0. The number of thiophene rings is 1. The zero-order valence-electron chi connectivity index (χ0n) is 16.9. The second-order valence-electron chi connectivity index (χ2n) is 7.04. The van der Waals surface area contributed by atoms with E-state index in [1.165, 1.54) is 17.0 Å². The first kappa shape index (κ1) is 21.1. The molecule has 0 aliphatic rings. The number of hydrogen-bond acceptors (Lipinski definition) is 6. The Hall–Kier alpha value is -3.16. The van der Waals surface area contributed by atoms with Gasteiger partial charge in [-0.15, -0.1) is 11.3 Å². The number of benzene rings is 2. The second kappa shape index (κ2) is 9.32. The number of rotatable bonds is 7. The van der Waals surface area contributed by atoms with Gasteiger partial charge in [-0.25, -0.2) is 9.97 Å². The lowest BCUT2D eigenvalue weighted by Gasteiger charge is -2.10. The van der Waals surface area contributed by atoms with Crippen LogP contribution in [0, 0.1) is 6.92 Å². The Morgan fingerprint density at radius 2 is 1.97 bits per heavy atom. The van der Waals surface area contributed by atoms with Gasteiger partial charge in [-0.2, -0.15) is 0 Å². The molecule has 2 aromatic heterocycles. The number of phenols is 1. The lowest BCUT2D eigenvalue weighted by Crippen LogP contribution is -2.14. The van der Waals surface area contributed by atoms with Crippen molar-refractivity contribution in [2.24, 2.45) is 0 Å². The van der Waals surface area contributed by atoms with Crippen LogP contribution >= 0.6 is 22.9 Å². The number of fused-ring (bicyclic) bond motifs is 1. The molecular weight excluding hydrogens is 432 g/mol. The normalized spacial score (nSPS) is 10.9. The highest BCUT2D eigenvalue weighted by Gasteiger charge is 2.16. The number of aromatic hydroxyl groups is 1. The molecule has 31 heavy (non-hydrogen) atoms. The van der Waals surface area contributed by atoms with Crippen LogP contribution in [0.3, 0.4) is 0 Å². The summed E-state index contributed by atoms with van der Waals surface area (Å²) in [5.74, 6) is 0.560. The summed E-state index contributed by atoms with van der Waals surface area (Å²) in [6.07, 6.45) is 2.45. The summed E-state index contributed by atoms with van der Waals surface area (Å²) in [6.45, 7) is 2.66. The molecule has 0 saturated carbocycles. The Balaban J connectivity index is 1.43. The predicted molar refractivity (Wildman–Crippen MR) is 127 cm³/mol. The molecule has 0 spiro atoms. The fraction of sp³-hybridized carbons (Fsp3) is 0.174. The van der Waals surface area contributed by atoms with Crippen LogP contribution in [0.15, 0.2) is 54.9 Å². The molecule has 2 heterocycles. The number of nitrogens with one attached hydrogen (secondary N) is 2. The van der Waals surface area contributed by atoms with Crippen LogP contribution in [0.25, 0.3) is 21.3 Å². The van der Waals surface area contributed by atoms with Crippen LogP contribution < -0.4 is 10.6 Å². The minimum Gasteiger partial charge on any atom is -0.506 e. The van der Waals surface area contributed by atoms with Gasteiger partial charge in [0, 0.05) is 28.4 Å². The molecule has 0 aliphatic carbocycles. The van der Waals surface area contributed by atoms with E-state index in [1.54, 1.807) is 23.7 Å². The van der Waals surface area contributed by atoms with E-state index < -0.39 is 0 Å². The van der Waals surface area contributed by atoms with Gasteiger partial charge in [0.2, 0.25) is 5.91 Å². The SMILES string of the molecule is Cc1sc2ncnc(NCCCC(=O)Nc3cc(Cl)ccc3O)c2c1-c1ccccc1. The molecular formula is C23H21ClN4O2S. The van der Waals surface area contributed by atoms with Gasteiger partial charge >= 0.3 is 0 Å². The van der Waals surface area contributed by atoms with Crippen molar-refractivity contribution in [2.75, 3.05) is 17.2 Å². The summed E-state index contributed by atoms with van der Waals surface area (Å²) in [6, 6.07) is 14.7. The average molecular weight is 453 g/mol. The Labute approximate surface area is 188 Å². The van der Waals surface area contributed by atoms with E-state index in [1.807, 2.05) is 18.2 Å². The van der Waals surface area contributed by atoms with Crippen LogP contribution in [0.2, 0.25) is 5.02 Å². The third kappa shape index (κ3) is 4.78. The molecule has 0 radical (unpaired) electrons. The number of aryl methyl sites for hydroxylation is 1. The third-order valence-corrected chi connectivity index (χ3v) is 6.08. The molecule has 6 nitrogen and oxygen atoms in total. The zero-order valence-corrected chi connectivity index (χ0v) is 18.4. The van der Waals surface area contributed by atoms with Gasteiger partial charge in [-0.3, -0.25) is 4.79 Å². The summed E-state index contributed by atoms with van der Waals surface area (Å²) in [5.41, 5.74) is 2.58. The van der Waals surface area contributed by atoms with Crippen molar-refractivity contribution in [3.63, 3.8) is 0 Å².